The van der Waals surface area contributed by atoms with E-state index in [2.05, 4.69) is 5.16 Å². The van der Waals surface area contributed by atoms with Crippen LogP contribution in [-0.2, 0) is 11.2 Å². The van der Waals surface area contributed by atoms with Crippen molar-refractivity contribution >= 4 is 5.97 Å². The number of hydrogen-bond donors (Lipinski definition) is 0. The number of rotatable bonds is 6. The van der Waals surface area contributed by atoms with Crippen molar-refractivity contribution in [3.8, 4) is 33.9 Å². The Hall–Kier alpha value is -3.28. The predicted molar refractivity (Wildman–Crippen MR) is 89.2 cm³/mol. The van der Waals surface area contributed by atoms with E-state index in [1.165, 1.54) is 0 Å². The Bertz CT molecular complexity index is 866. The van der Waals surface area contributed by atoms with Crippen LogP contribution in [0, 0.1) is 0 Å². The van der Waals surface area contributed by atoms with Gasteiger partial charge in [0.1, 0.15) is 17.2 Å². The number of carboxylic acid groups (broad SMARTS) is 1. The fourth-order valence-corrected chi connectivity index (χ4v) is 2.58. The van der Waals surface area contributed by atoms with E-state index >= 15 is 0 Å². The molecule has 6 heteroatoms. The molecule has 128 valence electrons. The second-order valence-corrected chi connectivity index (χ2v) is 5.34. The maximum absolute atomic E-state index is 11.0. The smallest absolute Gasteiger partial charge is 0.150 e. The van der Waals surface area contributed by atoms with Crippen LogP contribution in [0.5, 0.6) is 11.5 Å². The molecule has 0 atom stereocenters. The minimum absolute atomic E-state index is 0.246. The number of benzene rings is 2. The zero-order valence-corrected chi connectivity index (χ0v) is 13.8. The number of aromatic nitrogens is 1. The number of nitrogens with zero attached hydrogens (tertiary/aromatic N) is 1. The molecular weight excluding hydrogens is 322 g/mol. The summed E-state index contributed by atoms with van der Waals surface area (Å²) in [5, 5.41) is 15.1. The third kappa shape index (κ3) is 3.47. The topological polar surface area (TPSA) is 84.6 Å². The average Bonchev–Trinajstić information content (AvgIpc) is 3.04. The van der Waals surface area contributed by atoms with Gasteiger partial charge in [0.15, 0.2) is 5.76 Å². The summed E-state index contributed by atoms with van der Waals surface area (Å²) in [6, 6.07) is 14.5. The van der Waals surface area contributed by atoms with E-state index in [4.69, 9.17) is 14.0 Å². The van der Waals surface area contributed by atoms with Crippen LogP contribution >= 0.6 is 0 Å². The van der Waals surface area contributed by atoms with Crippen molar-refractivity contribution in [2.24, 2.45) is 0 Å². The molecule has 1 aromatic heterocycles. The predicted octanol–water partition coefficient (Wildman–Crippen LogP) is 2.32. The van der Waals surface area contributed by atoms with E-state index in [1.54, 1.807) is 38.5 Å². The molecule has 0 aliphatic rings. The Morgan fingerprint density at radius 2 is 1.48 bits per heavy atom. The molecular formula is C19H16NO5-. The summed E-state index contributed by atoms with van der Waals surface area (Å²) >= 11 is 0. The van der Waals surface area contributed by atoms with E-state index in [9.17, 15) is 9.90 Å². The molecule has 0 fully saturated rings. The zero-order valence-electron chi connectivity index (χ0n) is 13.8. The molecule has 2 aromatic carbocycles. The minimum Gasteiger partial charge on any atom is -0.550 e. The first-order valence-electron chi connectivity index (χ1n) is 7.59. The molecule has 0 N–H and O–H groups in total. The quantitative estimate of drug-likeness (QED) is 0.686. The first-order valence-corrected chi connectivity index (χ1v) is 7.59. The van der Waals surface area contributed by atoms with Gasteiger partial charge in [-0.1, -0.05) is 17.3 Å². The zero-order chi connectivity index (χ0) is 17.8. The fraction of sp³-hybridized carbons (Fsp3) is 0.158. The summed E-state index contributed by atoms with van der Waals surface area (Å²) in [6.07, 6.45) is -0.357. The number of carboxylic acids is 1. The average molecular weight is 338 g/mol. The lowest BCUT2D eigenvalue weighted by molar-refractivity contribution is -0.305. The van der Waals surface area contributed by atoms with Gasteiger partial charge in [-0.3, -0.25) is 0 Å². The van der Waals surface area contributed by atoms with Crippen molar-refractivity contribution in [1.82, 2.24) is 5.16 Å². The molecule has 25 heavy (non-hydrogen) atoms. The normalized spacial score (nSPS) is 10.5. The largest absolute Gasteiger partial charge is 0.550 e. The van der Waals surface area contributed by atoms with E-state index in [0.717, 1.165) is 11.1 Å². The standard InChI is InChI=1S/C19H17NO5/c1-23-14-7-3-12(4-8-14)18-16(11-17(21)22)25-20-19(18)13-5-9-15(24-2)10-6-13/h3-10H,11H2,1-2H3,(H,21,22)/p-1. The van der Waals surface area contributed by atoms with E-state index in [0.29, 0.717) is 22.8 Å². The molecule has 1 heterocycles. The third-order valence-corrected chi connectivity index (χ3v) is 3.81. The number of carbonyl (C=O) groups excluding carboxylic acids is 1. The first kappa shape index (κ1) is 16.6. The van der Waals surface area contributed by atoms with E-state index < -0.39 is 5.97 Å². The van der Waals surface area contributed by atoms with Gasteiger partial charge in [0.2, 0.25) is 0 Å². The van der Waals surface area contributed by atoms with Crippen molar-refractivity contribution < 1.29 is 23.9 Å². The molecule has 0 radical (unpaired) electrons. The Morgan fingerprint density at radius 1 is 0.960 bits per heavy atom. The van der Waals surface area contributed by atoms with Crippen LogP contribution in [0.15, 0.2) is 53.1 Å². The summed E-state index contributed by atoms with van der Waals surface area (Å²) in [5.74, 6) is 0.434. The number of methoxy groups -OCH3 is 2. The van der Waals surface area contributed by atoms with Gasteiger partial charge in [-0.2, -0.15) is 0 Å². The van der Waals surface area contributed by atoms with Crippen molar-refractivity contribution in [3.63, 3.8) is 0 Å². The highest BCUT2D eigenvalue weighted by molar-refractivity contribution is 5.84. The van der Waals surface area contributed by atoms with Gasteiger partial charge >= 0.3 is 0 Å². The van der Waals surface area contributed by atoms with Crippen LogP contribution in [0.1, 0.15) is 5.76 Å². The number of carbonyl (C=O) groups is 1. The number of hydrogen-bond acceptors (Lipinski definition) is 6. The molecule has 6 nitrogen and oxygen atoms in total. The lowest BCUT2D eigenvalue weighted by atomic mass is 9.98. The molecule has 0 aliphatic carbocycles. The number of aliphatic carboxylic acids is 1. The molecule has 0 aliphatic heterocycles. The summed E-state index contributed by atoms with van der Waals surface area (Å²) in [7, 11) is 3.17. The van der Waals surface area contributed by atoms with Crippen molar-refractivity contribution in [2.75, 3.05) is 14.2 Å². The van der Waals surface area contributed by atoms with Gasteiger partial charge in [-0.25, -0.2) is 0 Å². The van der Waals surface area contributed by atoms with Crippen molar-refractivity contribution in [1.29, 1.82) is 0 Å². The minimum atomic E-state index is -1.23. The van der Waals surface area contributed by atoms with Gasteiger partial charge in [0, 0.05) is 18.0 Å². The van der Waals surface area contributed by atoms with E-state index in [-0.39, 0.29) is 12.2 Å². The molecule has 0 amide bonds. The first-order chi connectivity index (χ1) is 12.1. The second kappa shape index (κ2) is 7.09. The van der Waals surface area contributed by atoms with Crippen LogP contribution in [0.2, 0.25) is 0 Å². The third-order valence-electron chi connectivity index (χ3n) is 3.81. The summed E-state index contributed by atoms with van der Waals surface area (Å²) in [4.78, 5) is 11.0. The fourth-order valence-electron chi connectivity index (χ4n) is 2.58. The highest BCUT2D eigenvalue weighted by atomic mass is 16.5. The second-order valence-electron chi connectivity index (χ2n) is 5.34. The molecule has 0 saturated heterocycles. The van der Waals surface area contributed by atoms with Crippen molar-refractivity contribution in [2.45, 2.75) is 6.42 Å². The summed E-state index contributed by atoms with van der Waals surface area (Å²) in [5.41, 5.74) is 2.75. The van der Waals surface area contributed by atoms with Crippen LogP contribution in [0.3, 0.4) is 0 Å². The van der Waals surface area contributed by atoms with Crippen LogP contribution < -0.4 is 14.6 Å². The van der Waals surface area contributed by atoms with E-state index in [1.807, 2.05) is 24.3 Å². The van der Waals surface area contributed by atoms with Gasteiger partial charge < -0.3 is 23.9 Å². The lowest BCUT2D eigenvalue weighted by Gasteiger charge is -2.07. The molecule has 0 bridgehead atoms. The Labute approximate surface area is 144 Å². The Kier molecular flexibility index (Phi) is 4.70. The summed E-state index contributed by atoms with van der Waals surface area (Å²) in [6.45, 7) is 0. The maximum atomic E-state index is 11.0. The Morgan fingerprint density at radius 3 is 1.96 bits per heavy atom. The van der Waals surface area contributed by atoms with Crippen molar-refractivity contribution in [3.05, 3.63) is 54.3 Å². The van der Waals surface area contributed by atoms with Gasteiger partial charge in [-0.05, 0) is 42.0 Å². The maximum Gasteiger partial charge on any atom is 0.150 e. The monoisotopic (exact) mass is 338 g/mol. The van der Waals surface area contributed by atoms with Crippen LogP contribution in [0.25, 0.3) is 22.4 Å². The highest BCUT2D eigenvalue weighted by Gasteiger charge is 2.19. The molecule has 0 saturated carbocycles. The molecule has 3 aromatic rings. The number of ether oxygens (including phenoxy) is 2. The molecule has 0 spiro atoms. The Balaban J connectivity index is 2.11. The summed E-state index contributed by atoms with van der Waals surface area (Å²) < 4.78 is 15.6. The highest BCUT2D eigenvalue weighted by Crippen LogP contribution is 2.36. The molecule has 3 rings (SSSR count). The van der Waals surface area contributed by atoms with Crippen LogP contribution in [0.4, 0.5) is 0 Å². The van der Waals surface area contributed by atoms with Gasteiger partial charge in [-0.15, -0.1) is 0 Å². The SMILES string of the molecule is COc1ccc(-c2noc(CC(=O)[O-])c2-c2ccc(OC)cc2)cc1. The van der Waals surface area contributed by atoms with Gasteiger partial charge in [0.05, 0.1) is 19.8 Å². The van der Waals surface area contributed by atoms with Crippen LogP contribution in [-0.4, -0.2) is 25.3 Å². The van der Waals surface area contributed by atoms with Gasteiger partial charge in [0.25, 0.3) is 0 Å². The lowest BCUT2D eigenvalue weighted by Crippen LogP contribution is -2.24. The molecule has 0 unspecified atom stereocenters.